The number of carbonyl (C=O) groups excluding carboxylic acids is 2. The number of nitrogens with one attached hydrogen (secondary N) is 3. The van der Waals surface area contributed by atoms with E-state index in [0.717, 1.165) is 30.4 Å². The topological polar surface area (TPSA) is 73.5 Å². The molecule has 3 rings (SSSR count). The number of nitrogens with zero attached hydrogens (tertiary/aromatic N) is 1. The van der Waals surface area contributed by atoms with Crippen LogP contribution in [0.15, 0.2) is 18.2 Å². The van der Waals surface area contributed by atoms with Gasteiger partial charge in [-0.25, -0.2) is 14.0 Å². The Labute approximate surface area is 140 Å². The standard InChI is InChI=1S/C17H23FN4O2/c1-2-19-17(24)22-8-7-13(10-22)20-16(23)21-15-6-4-11-3-5-12(18)9-14(11)15/h3,5,9,13,15H,2,4,6-8,10H2,1H3,(H,19,24)(H2,20,21,23)/t13-,15-/m1/s1. The van der Waals surface area contributed by atoms with Crippen LogP contribution in [0.4, 0.5) is 14.0 Å². The fourth-order valence-electron chi connectivity index (χ4n) is 3.43. The normalized spacial score (nSPS) is 22.2. The lowest BCUT2D eigenvalue weighted by molar-refractivity contribution is 0.207. The highest BCUT2D eigenvalue weighted by molar-refractivity contribution is 5.76. The molecule has 1 fully saturated rings. The summed E-state index contributed by atoms with van der Waals surface area (Å²) in [4.78, 5) is 25.7. The van der Waals surface area contributed by atoms with Crippen LogP contribution in [-0.2, 0) is 6.42 Å². The van der Waals surface area contributed by atoms with E-state index in [1.165, 1.54) is 12.1 Å². The number of hydrogen-bond acceptors (Lipinski definition) is 2. The molecule has 1 aromatic rings. The van der Waals surface area contributed by atoms with Gasteiger partial charge in [-0.1, -0.05) is 6.07 Å². The zero-order valence-corrected chi connectivity index (χ0v) is 13.8. The number of benzene rings is 1. The van der Waals surface area contributed by atoms with Crippen molar-refractivity contribution < 1.29 is 14.0 Å². The van der Waals surface area contributed by atoms with E-state index >= 15 is 0 Å². The average molecular weight is 334 g/mol. The highest BCUT2D eigenvalue weighted by Gasteiger charge is 2.29. The monoisotopic (exact) mass is 334 g/mol. The van der Waals surface area contributed by atoms with Crippen molar-refractivity contribution in [2.45, 2.75) is 38.3 Å². The lowest BCUT2D eigenvalue weighted by Crippen LogP contribution is -2.45. The number of likely N-dealkylation sites (tertiary alicyclic amines) is 1. The number of rotatable bonds is 3. The van der Waals surface area contributed by atoms with Crippen LogP contribution in [0.1, 0.15) is 36.9 Å². The predicted octanol–water partition coefficient (Wildman–Crippen LogP) is 1.92. The molecule has 3 N–H and O–H groups in total. The van der Waals surface area contributed by atoms with E-state index in [-0.39, 0.29) is 30.0 Å². The van der Waals surface area contributed by atoms with E-state index in [0.29, 0.717) is 19.6 Å². The largest absolute Gasteiger partial charge is 0.338 e. The van der Waals surface area contributed by atoms with Crippen molar-refractivity contribution in [2.24, 2.45) is 0 Å². The third-order valence-corrected chi connectivity index (χ3v) is 4.63. The Balaban J connectivity index is 1.51. The highest BCUT2D eigenvalue weighted by atomic mass is 19.1. The van der Waals surface area contributed by atoms with Crippen molar-refractivity contribution in [3.8, 4) is 0 Å². The molecule has 1 aliphatic carbocycles. The van der Waals surface area contributed by atoms with Gasteiger partial charge in [-0.15, -0.1) is 0 Å². The molecule has 1 aliphatic heterocycles. The lowest BCUT2D eigenvalue weighted by atomic mass is 10.1. The Hall–Kier alpha value is -2.31. The summed E-state index contributed by atoms with van der Waals surface area (Å²) in [5.41, 5.74) is 1.95. The van der Waals surface area contributed by atoms with Gasteiger partial charge in [0.1, 0.15) is 5.82 Å². The number of halogens is 1. The Morgan fingerprint density at radius 2 is 2.12 bits per heavy atom. The van der Waals surface area contributed by atoms with Crippen molar-refractivity contribution in [3.63, 3.8) is 0 Å². The number of amides is 4. The maximum absolute atomic E-state index is 13.4. The van der Waals surface area contributed by atoms with Crippen LogP contribution < -0.4 is 16.0 Å². The van der Waals surface area contributed by atoms with Gasteiger partial charge in [0.05, 0.1) is 6.04 Å². The number of hydrogen-bond donors (Lipinski definition) is 3. The maximum atomic E-state index is 13.4. The Kier molecular flexibility index (Phi) is 4.87. The van der Waals surface area contributed by atoms with Crippen LogP contribution in [0.2, 0.25) is 0 Å². The van der Waals surface area contributed by atoms with Gasteiger partial charge in [-0.05, 0) is 49.4 Å². The van der Waals surface area contributed by atoms with Crippen LogP contribution >= 0.6 is 0 Å². The average Bonchev–Trinajstić information content (AvgIpc) is 3.15. The number of fused-ring (bicyclic) bond motifs is 1. The van der Waals surface area contributed by atoms with Gasteiger partial charge in [0.15, 0.2) is 0 Å². The van der Waals surface area contributed by atoms with Gasteiger partial charge in [0.25, 0.3) is 0 Å². The smallest absolute Gasteiger partial charge is 0.317 e. The van der Waals surface area contributed by atoms with Crippen molar-refractivity contribution in [1.29, 1.82) is 0 Å². The summed E-state index contributed by atoms with van der Waals surface area (Å²) < 4.78 is 13.4. The van der Waals surface area contributed by atoms with Gasteiger partial charge in [-0.2, -0.15) is 0 Å². The third kappa shape index (κ3) is 3.60. The summed E-state index contributed by atoms with van der Waals surface area (Å²) in [6.07, 6.45) is 2.36. The quantitative estimate of drug-likeness (QED) is 0.790. The fourth-order valence-corrected chi connectivity index (χ4v) is 3.43. The van der Waals surface area contributed by atoms with Crippen molar-refractivity contribution >= 4 is 12.1 Å². The second-order valence-electron chi connectivity index (χ2n) is 6.32. The molecule has 7 heteroatoms. The summed E-state index contributed by atoms with van der Waals surface area (Å²) >= 11 is 0. The van der Waals surface area contributed by atoms with E-state index in [1.807, 2.05) is 6.92 Å². The summed E-state index contributed by atoms with van der Waals surface area (Å²) in [6, 6.07) is 4.17. The third-order valence-electron chi connectivity index (χ3n) is 4.63. The minimum Gasteiger partial charge on any atom is -0.338 e. The maximum Gasteiger partial charge on any atom is 0.317 e. The molecule has 4 amide bonds. The Morgan fingerprint density at radius 3 is 2.92 bits per heavy atom. The van der Waals surface area contributed by atoms with Gasteiger partial charge in [0.2, 0.25) is 0 Å². The molecule has 1 saturated heterocycles. The van der Waals surface area contributed by atoms with Crippen molar-refractivity contribution in [2.75, 3.05) is 19.6 Å². The van der Waals surface area contributed by atoms with E-state index in [2.05, 4.69) is 16.0 Å². The predicted molar refractivity (Wildman–Crippen MR) is 88.2 cm³/mol. The second kappa shape index (κ2) is 7.07. The van der Waals surface area contributed by atoms with E-state index in [1.54, 1.807) is 11.0 Å². The zero-order chi connectivity index (χ0) is 17.1. The molecule has 0 bridgehead atoms. The summed E-state index contributed by atoms with van der Waals surface area (Å²) in [5.74, 6) is -0.281. The van der Waals surface area contributed by atoms with Crippen LogP contribution in [0.3, 0.4) is 0 Å². The van der Waals surface area contributed by atoms with E-state index in [4.69, 9.17) is 0 Å². The Morgan fingerprint density at radius 1 is 1.29 bits per heavy atom. The molecule has 2 atom stereocenters. The minimum absolute atomic E-state index is 0.0546. The van der Waals surface area contributed by atoms with Crippen molar-refractivity contribution in [1.82, 2.24) is 20.9 Å². The van der Waals surface area contributed by atoms with Gasteiger partial charge in [0, 0.05) is 25.7 Å². The number of aryl methyl sites for hydroxylation is 1. The minimum atomic E-state index is -0.281. The van der Waals surface area contributed by atoms with Crippen molar-refractivity contribution in [3.05, 3.63) is 35.1 Å². The van der Waals surface area contributed by atoms with E-state index in [9.17, 15) is 14.0 Å². The van der Waals surface area contributed by atoms with Gasteiger partial charge < -0.3 is 20.9 Å². The summed E-state index contributed by atoms with van der Waals surface area (Å²) in [6.45, 7) is 3.61. The molecule has 1 aromatic carbocycles. The first-order valence-corrected chi connectivity index (χ1v) is 8.45. The molecular formula is C17H23FN4O2. The van der Waals surface area contributed by atoms with Crippen LogP contribution in [-0.4, -0.2) is 42.6 Å². The van der Waals surface area contributed by atoms with Gasteiger partial charge >= 0.3 is 12.1 Å². The molecule has 6 nitrogen and oxygen atoms in total. The SMILES string of the molecule is CCNC(=O)N1CC[C@@H](NC(=O)N[C@@H]2CCc3ccc(F)cc32)C1. The number of urea groups is 2. The molecule has 0 aromatic heterocycles. The molecule has 0 unspecified atom stereocenters. The van der Waals surface area contributed by atoms with Crippen LogP contribution in [0.5, 0.6) is 0 Å². The van der Waals surface area contributed by atoms with Gasteiger partial charge in [-0.3, -0.25) is 0 Å². The molecule has 0 radical (unpaired) electrons. The molecule has 130 valence electrons. The first-order chi connectivity index (χ1) is 11.6. The zero-order valence-electron chi connectivity index (χ0n) is 13.8. The Bertz CT molecular complexity index is 637. The lowest BCUT2D eigenvalue weighted by Gasteiger charge is -2.19. The highest BCUT2D eigenvalue weighted by Crippen LogP contribution is 2.31. The second-order valence-corrected chi connectivity index (χ2v) is 6.32. The van der Waals surface area contributed by atoms with Crippen LogP contribution in [0, 0.1) is 5.82 Å². The summed E-state index contributed by atoms with van der Waals surface area (Å²) in [7, 11) is 0. The number of carbonyl (C=O) groups is 2. The molecule has 24 heavy (non-hydrogen) atoms. The fraction of sp³-hybridized carbons (Fsp3) is 0.529. The molecule has 0 spiro atoms. The summed E-state index contributed by atoms with van der Waals surface area (Å²) in [5, 5.41) is 8.59. The first kappa shape index (κ1) is 16.5. The van der Waals surface area contributed by atoms with Crippen LogP contribution in [0.25, 0.3) is 0 Å². The van der Waals surface area contributed by atoms with E-state index < -0.39 is 0 Å². The molecular weight excluding hydrogens is 311 g/mol. The first-order valence-electron chi connectivity index (χ1n) is 8.45. The molecule has 2 aliphatic rings. The molecule has 1 heterocycles. The molecule has 0 saturated carbocycles.